The van der Waals surface area contributed by atoms with Crippen LogP contribution in [0.3, 0.4) is 0 Å². The molecule has 0 aliphatic heterocycles. The number of rotatable bonds is 3. The van der Waals surface area contributed by atoms with Crippen molar-refractivity contribution in [1.82, 2.24) is 19.6 Å². The predicted octanol–water partition coefficient (Wildman–Crippen LogP) is 5.50. The van der Waals surface area contributed by atoms with Gasteiger partial charge in [-0.1, -0.05) is 36.9 Å². The maximum absolute atomic E-state index is 4.64. The molecule has 0 spiro atoms. The SMILES string of the molecule is C=Cc1cnn2ccc(-c3c[nH]c4ncc(-c5ccccc5C)cc34)cc12. The molecule has 0 amide bonds. The molecule has 0 unspecified atom stereocenters. The van der Waals surface area contributed by atoms with E-state index < -0.39 is 0 Å². The van der Waals surface area contributed by atoms with Crippen molar-refractivity contribution < 1.29 is 0 Å². The van der Waals surface area contributed by atoms with Gasteiger partial charge in [0.15, 0.2) is 0 Å². The van der Waals surface area contributed by atoms with E-state index in [1.165, 1.54) is 11.1 Å². The molecule has 4 nitrogen and oxygen atoms in total. The quantitative estimate of drug-likeness (QED) is 0.467. The normalized spacial score (nSPS) is 11.3. The van der Waals surface area contributed by atoms with Crippen LogP contribution in [0.5, 0.6) is 0 Å². The van der Waals surface area contributed by atoms with Gasteiger partial charge in [-0.25, -0.2) is 9.50 Å². The van der Waals surface area contributed by atoms with Crippen LogP contribution in [-0.4, -0.2) is 19.6 Å². The molecule has 0 aliphatic carbocycles. The van der Waals surface area contributed by atoms with Gasteiger partial charge in [-0.05, 0) is 41.8 Å². The van der Waals surface area contributed by atoms with Gasteiger partial charge >= 0.3 is 0 Å². The van der Waals surface area contributed by atoms with Crippen molar-refractivity contribution in [3.8, 4) is 22.3 Å². The molecule has 5 rings (SSSR count). The summed E-state index contributed by atoms with van der Waals surface area (Å²) in [4.78, 5) is 7.94. The van der Waals surface area contributed by atoms with Crippen molar-refractivity contribution in [3.05, 3.63) is 85.0 Å². The number of pyridine rings is 2. The summed E-state index contributed by atoms with van der Waals surface area (Å²) >= 11 is 0. The second-order valence-electron chi connectivity index (χ2n) is 6.69. The Kier molecular flexibility index (Phi) is 3.44. The highest BCUT2D eigenvalue weighted by molar-refractivity contribution is 5.96. The monoisotopic (exact) mass is 350 g/mol. The first-order valence-electron chi connectivity index (χ1n) is 8.88. The topological polar surface area (TPSA) is 46.0 Å². The van der Waals surface area contributed by atoms with E-state index in [4.69, 9.17) is 0 Å². The molecule has 1 aromatic carbocycles. The summed E-state index contributed by atoms with van der Waals surface area (Å²) in [6.07, 6.45) is 9.60. The summed E-state index contributed by atoms with van der Waals surface area (Å²) in [6, 6.07) is 14.8. The standard InChI is InChI=1S/C23H18N4/c1-3-16-13-26-27-9-8-17(11-22(16)27)21-14-25-23-20(21)10-18(12-24-23)19-7-5-4-6-15(19)2/h3-14H,1H2,2H3,(H,24,25). The third-order valence-corrected chi connectivity index (χ3v) is 5.07. The summed E-state index contributed by atoms with van der Waals surface area (Å²) in [5.74, 6) is 0. The second-order valence-corrected chi connectivity index (χ2v) is 6.69. The first kappa shape index (κ1) is 15.6. The summed E-state index contributed by atoms with van der Waals surface area (Å²) in [5.41, 5.74) is 8.78. The van der Waals surface area contributed by atoms with Gasteiger partial charge in [-0.2, -0.15) is 5.10 Å². The minimum absolute atomic E-state index is 0.889. The minimum atomic E-state index is 0.889. The van der Waals surface area contributed by atoms with Gasteiger partial charge in [0, 0.05) is 40.7 Å². The number of fused-ring (bicyclic) bond motifs is 2. The van der Waals surface area contributed by atoms with Gasteiger partial charge in [-0.3, -0.25) is 0 Å². The van der Waals surface area contributed by atoms with Crippen LogP contribution in [0.1, 0.15) is 11.1 Å². The van der Waals surface area contributed by atoms with Crippen LogP contribution in [0.4, 0.5) is 0 Å². The lowest BCUT2D eigenvalue weighted by Crippen LogP contribution is -1.88. The fourth-order valence-electron chi connectivity index (χ4n) is 3.61. The molecule has 4 heterocycles. The van der Waals surface area contributed by atoms with E-state index in [1.54, 1.807) is 0 Å². The number of hydrogen-bond donors (Lipinski definition) is 1. The number of hydrogen-bond acceptors (Lipinski definition) is 2. The third-order valence-electron chi connectivity index (χ3n) is 5.07. The van der Waals surface area contributed by atoms with Crippen LogP contribution in [-0.2, 0) is 0 Å². The summed E-state index contributed by atoms with van der Waals surface area (Å²) in [5, 5.41) is 5.47. The van der Waals surface area contributed by atoms with Gasteiger partial charge in [0.25, 0.3) is 0 Å². The van der Waals surface area contributed by atoms with Gasteiger partial charge < -0.3 is 4.98 Å². The molecule has 0 saturated heterocycles. The highest BCUT2D eigenvalue weighted by Gasteiger charge is 2.11. The lowest BCUT2D eigenvalue weighted by molar-refractivity contribution is 0.962. The minimum Gasteiger partial charge on any atom is -0.346 e. The van der Waals surface area contributed by atoms with Crippen molar-refractivity contribution in [1.29, 1.82) is 0 Å². The van der Waals surface area contributed by atoms with E-state index in [2.05, 4.69) is 71.0 Å². The fourth-order valence-corrected chi connectivity index (χ4v) is 3.61. The maximum Gasteiger partial charge on any atom is 0.137 e. The molecule has 1 N–H and O–H groups in total. The van der Waals surface area contributed by atoms with Crippen molar-refractivity contribution in [2.75, 3.05) is 0 Å². The number of benzene rings is 1. The van der Waals surface area contributed by atoms with E-state index in [0.717, 1.165) is 38.8 Å². The number of nitrogens with zero attached hydrogens (tertiary/aromatic N) is 3. The predicted molar refractivity (Wildman–Crippen MR) is 111 cm³/mol. The highest BCUT2D eigenvalue weighted by atomic mass is 15.2. The molecular weight excluding hydrogens is 332 g/mol. The van der Waals surface area contributed by atoms with Crippen LogP contribution >= 0.6 is 0 Å². The van der Waals surface area contributed by atoms with Crippen molar-refractivity contribution >= 4 is 22.6 Å². The Balaban J connectivity index is 1.71. The Morgan fingerprint density at radius 3 is 2.78 bits per heavy atom. The smallest absolute Gasteiger partial charge is 0.137 e. The molecule has 130 valence electrons. The Morgan fingerprint density at radius 1 is 1.04 bits per heavy atom. The van der Waals surface area contributed by atoms with Crippen LogP contribution in [0, 0.1) is 6.92 Å². The fraction of sp³-hybridized carbons (Fsp3) is 0.0435. The Labute approximate surface area is 156 Å². The molecule has 0 aliphatic rings. The molecular formula is C23H18N4. The molecule has 5 aromatic rings. The molecule has 0 fully saturated rings. The summed E-state index contributed by atoms with van der Waals surface area (Å²) in [6.45, 7) is 6.01. The molecule has 0 saturated carbocycles. The largest absolute Gasteiger partial charge is 0.346 e. The highest BCUT2D eigenvalue weighted by Crippen LogP contribution is 2.32. The van der Waals surface area contributed by atoms with E-state index >= 15 is 0 Å². The number of aryl methyl sites for hydroxylation is 1. The van der Waals surface area contributed by atoms with Crippen LogP contribution < -0.4 is 0 Å². The molecule has 0 radical (unpaired) electrons. The number of H-pyrrole nitrogens is 1. The molecule has 4 heteroatoms. The van der Waals surface area contributed by atoms with Crippen LogP contribution in [0.15, 0.2) is 73.8 Å². The van der Waals surface area contributed by atoms with Gasteiger partial charge in [0.1, 0.15) is 5.65 Å². The number of aromatic nitrogens is 4. The van der Waals surface area contributed by atoms with E-state index in [-0.39, 0.29) is 0 Å². The summed E-state index contributed by atoms with van der Waals surface area (Å²) < 4.78 is 1.87. The van der Waals surface area contributed by atoms with E-state index in [1.807, 2.05) is 35.4 Å². The lowest BCUT2D eigenvalue weighted by atomic mass is 9.99. The molecule has 27 heavy (non-hydrogen) atoms. The zero-order chi connectivity index (χ0) is 18.4. The average Bonchev–Trinajstić information content (AvgIpc) is 3.31. The summed E-state index contributed by atoms with van der Waals surface area (Å²) in [7, 11) is 0. The Morgan fingerprint density at radius 2 is 1.93 bits per heavy atom. The zero-order valence-electron chi connectivity index (χ0n) is 15.0. The number of aromatic amines is 1. The second kappa shape index (κ2) is 5.95. The van der Waals surface area contributed by atoms with Crippen molar-refractivity contribution in [2.45, 2.75) is 6.92 Å². The lowest BCUT2D eigenvalue weighted by Gasteiger charge is -2.07. The third kappa shape index (κ3) is 2.46. The maximum atomic E-state index is 4.64. The number of nitrogens with one attached hydrogen (secondary N) is 1. The first-order valence-corrected chi connectivity index (χ1v) is 8.88. The van der Waals surface area contributed by atoms with Gasteiger partial charge in [-0.15, -0.1) is 0 Å². The van der Waals surface area contributed by atoms with Crippen molar-refractivity contribution in [2.24, 2.45) is 0 Å². The zero-order valence-corrected chi connectivity index (χ0v) is 15.0. The molecule has 0 bridgehead atoms. The van der Waals surface area contributed by atoms with Crippen LogP contribution in [0.2, 0.25) is 0 Å². The average molecular weight is 350 g/mol. The van der Waals surface area contributed by atoms with Gasteiger partial charge in [0.05, 0.1) is 11.7 Å². The van der Waals surface area contributed by atoms with E-state index in [9.17, 15) is 0 Å². The molecule has 0 atom stereocenters. The van der Waals surface area contributed by atoms with Crippen molar-refractivity contribution in [3.63, 3.8) is 0 Å². The van der Waals surface area contributed by atoms with Crippen LogP contribution in [0.25, 0.3) is 44.9 Å². The first-order chi connectivity index (χ1) is 13.2. The van der Waals surface area contributed by atoms with E-state index in [0.29, 0.717) is 0 Å². The van der Waals surface area contributed by atoms with Gasteiger partial charge in [0.2, 0.25) is 0 Å². The Hall–Kier alpha value is -3.66. The molecule has 4 aromatic heterocycles. The Bertz CT molecular complexity index is 1310.